The van der Waals surface area contributed by atoms with Crippen molar-refractivity contribution in [3.8, 4) is 11.1 Å². The van der Waals surface area contributed by atoms with Gasteiger partial charge in [0.15, 0.2) is 5.78 Å². The number of ketones is 1. The van der Waals surface area contributed by atoms with Crippen LogP contribution in [-0.2, 0) is 17.7 Å². The van der Waals surface area contributed by atoms with Gasteiger partial charge in [0.1, 0.15) is 0 Å². The van der Waals surface area contributed by atoms with Crippen LogP contribution in [0.25, 0.3) is 11.1 Å². The Bertz CT molecular complexity index is 952. The Balaban J connectivity index is 1.55. The fourth-order valence-electron chi connectivity index (χ4n) is 5.39. The van der Waals surface area contributed by atoms with E-state index in [2.05, 4.69) is 47.9 Å². The molecule has 4 nitrogen and oxygen atoms in total. The lowest BCUT2D eigenvalue weighted by Crippen LogP contribution is -2.36. The zero-order valence-corrected chi connectivity index (χ0v) is 19.7. The average Bonchev–Trinajstić information content (AvgIpc) is 3.14. The summed E-state index contributed by atoms with van der Waals surface area (Å²) in [6.45, 7) is 11.2. The number of ether oxygens (including phenoxy) is 1. The first-order valence-corrected chi connectivity index (χ1v) is 12.7. The van der Waals surface area contributed by atoms with Crippen molar-refractivity contribution in [2.24, 2.45) is 5.41 Å². The Labute approximate surface area is 190 Å². The summed E-state index contributed by atoms with van der Waals surface area (Å²) in [5.74, 6) is 0.321. The number of carbonyl (C=O) groups is 1. The number of carbonyl (C=O) groups excluding carboxylic acids is 1. The molecule has 0 bridgehead atoms. The van der Waals surface area contributed by atoms with Gasteiger partial charge < -0.3 is 9.64 Å². The summed E-state index contributed by atoms with van der Waals surface area (Å²) >= 11 is 1.72. The van der Waals surface area contributed by atoms with E-state index in [-0.39, 0.29) is 5.41 Å². The molecule has 5 heteroatoms. The van der Waals surface area contributed by atoms with E-state index >= 15 is 0 Å². The molecular weight excluding hydrogens is 404 g/mol. The van der Waals surface area contributed by atoms with Gasteiger partial charge in [-0.1, -0.05) is 38.5 Å². The highest BCUT2D eigenvalue weighted by Gasteiger charge is 2.37. The number of hydrogen-bond acceptors (Lipinski definition) is 5. The van der Waals surface area contributed by atoms with Gasteiger partial charge in [0.25, 0.3) is 0 Å². The lowest BCUT2D eigenvalue weighted by molar-refractivity contribution is 0.0918. The maximum absolute atomic E-state index is 13.1. The molecule has 2 aliphatic heterocycles. The summed E-state index contributed by atoms with van der Waals surface area (Å²) < 4.78 is 5.62. The number of nitrogens with zero attached hydrogens (tertiary/aromatic N) is 2. The van der Waals surface area contributed by atoms with Crippen molar-refractivity contribution in [1.29, 1.82) is 0 Å². The van der Waals surface area contributed by atoms with Gasteiger partial charge in [0, 0.05) is 31.6 Å². The quantitative estimate of drug-likeness (QED) is 0.640. The Hall–Kier alpha value is -1.69. The van der Waals surface area contributed by atoms with Gasteiger partial charge in [-0.2, -0.15) is 0 Å². The molecule has 0 saturated carbocycles. The molecule has 0 unspecified atom stereocenters. The number of morpholine rings is 1. The van der Waals surface area contributed by atoms with Crippen molar-refractivity contribution >= 4 is 22.1 Å². The second kappa shape index (κ2) is 8.68. The lowest BCUT2D eigenvalue weighted by atomic mass is 9.75. The van der Waals surface area contributed by atoms with Crippen molar-refractivity contribution in [2.45, 2.75) is 52.5 Å². The smallest absolute Gasteiger partial charge is 0.173 e. The fraction of sp³-hybridized carbons (Fsp3) is 0.577. The van der Waals surface area contributed by atoms with E-state index in [9.17, 15) is 4.79 Å². The van der Waals surface area contributed by atoms with Crippen molar-refractivity contribution in [2.75, 3.05) is 44.3 Å². The highest BCUT2D eigenvalue weighted by molar-refractivity contribution is 7.19. The minimum Gasteiger partial charge on any atom is -0.378 e. The van der Waals surface area contributed by atoms with E-state index in [4.69, 9.17) is 4.74 Å². The van der Waals surface area contributed by atoms with Crippen LogP contribution in [0.1, 0.15) is 60.3 Å². The zero-order chi connectivity index (χ0) is 21.4. The topological polar surface area (TPSA) is 32.8 Å². The third-order valence-electron chi connectivity index (χ3n) is 6.90. The van der Waals surface area contributed by atoms with Crippen LogP contribution in [-0.4, -0.2) is 50.1 Å². The third kappa shape index (κ3) is 4.46. The third-order valence-corrected chi connectivity index (χ3v) is 8.24. The van der Waals surface area contributed by atoms with Crippen molar-refractivity contribution in [3.63, 3.8) is 0 Å². The van der Waals surface area contributed by atoms with Gasteiger partial charge in [0.2, 0.25) is 0 Å². The van der Waals surface area contributed by atoms with Gasteiger partial charge in [-0.05, 0) is 60.5 Å². The molecular formula is C26H34N2O2S. The normalized spacial score (nSPS) is 21.9. The molecule has 3 heterocycles. The van der Waals surface area contributed by atoms with Crippen molar-refractivity contribution in [3.05, 3.63) is 40.3 Å². The molecule has 0 N–H and O–H groups in total. The number of fused-ring (bicyclic) bond motifs is 1. The number of likely N-dealkylation sites (tertiary alicyclic amines) is 1. The van der Waals surface area contributed by atoms with Crippen molar-refractivity contribution in [1.82, 2.24) is 4.90 Å². The molecule has 31 heavy (non-hydrogen) atoms. The van der Waals surface area contributed by atoms with Crippen LogP contribution >= 0.6 is 11.3 Å². The minimum atomic E-state index is 0.0214. The molecule has 1 aliphatic carbocycles. The molecule has 2 aromatic rings. The first-order valence-electron chi connectivity index (χ1n) is 11.8. The highest BCUT2D eigenvalue weighted by atomic mass is 32.1. The summed E-state index contributed by atoms with van der Waals surface area (Å²) in [5, 5.41) is 1.27. The molecule has 0 spiro atoms. The molecule has 1 aromatic heterocycles. The maximum Gasteiger partial charge on any atom is 0.173 e. The van der Waals surface area contributed by atoms with Crippen molar-refractivity contribution < 1.29 is 9.53 Å². The molecule has 2 fully saturated rings. The number of rotatable bonds is 4. The highest BCUT2D eigenvalue weighted by Crippen LogP contribution is 2.49. The average molecular weight is 439 g/mol. The van der Waals surface area contributed by atoms with Crippen LogP contribution in [0.15, 0.2) is 24.3 Å². The summed E-state index contributed by atoms with van der Waals surface area (Å²) in [4.78, 5) is 19.1. The second-order valence-corrected chi connectivity index (χ2v) is 11.2. The molecule has 0 radical (unpaired) electrons. The molecule has 0 amide bonds. The van der Waals surface area contributed by atoms with Crippen LogP contribution in [0.3, 0.4) is 0 Å². The maximum atomic E-state index is 13.1. The Morgan fingerprint density at radius 1 is 1.03 bits per heavy atom. The number of piperidine rings is 1. The van der Waals surface area contributed by atoms with E-state index in [0.29, 0.717) is 12.2 Å². The van der Waals surface area contributed by atoms with Gasteiger partial charge >= 0.3 is 0 Å². The lowest BCUT2D eigenvalue weighted by Gasteiger charge is -2.30. The van der Waals surface area contributed by atoms with Crippen LogP contribution in [0.2, 0.25) is 0 Å². The Morgan fingerprint density at radius 3 is 2.58 bits per heavy atom. The summed E-state index contributed by atoms with van der Waals surface area (Å²) in [7, 11) is 0. The summed E-state index contributed by atoms with van der Waals surface area (Å²) in [5.41, 5.74) is 5.27. The first kappa shape index (κ1) is 21.2. The van der Waals surface area contributed by atoms with Gasteiger partial charge in [-0.25, -0.2) is 0 Å². The molecule has 2 saturated heterocycles. The summed E-state index contributed by atoms with van der Waals surface area (Å²) in [6.07, 6.45) is 5.62. The Kier molecular flexibility index (Phi) is 5.93. The largest absolute Gasteiger partial charge is 0.378 e. The van der Waals surface area contributed by atoms with E-state index in [0.717, 1.165) is 44.1 Å². The zero-order valence-electron chi connectivity index (χ0n) is 18.9. The molecule has 1 aromatic carbocycles. The molecule has 166 valence electrons. The predicted molar refractivity (Wildman–Crippen MR) is 128 cm³/mol. The number of hydrogen-bond donors (Lipinski definition) is 0. The fourth-order valence-corrected chi connectivity index (χ4v) is 6.72. The summed E-state index contributed by atoms with van der Waals surface area (Å²) in [6, 6.07) is 9.10. The van der Waals surface area contributed by atoms with Crippen LogP contribution in [0.5, 0.6) is 0 Å². The molecule has 3 aliphatic rings. The number of Topliss-reactive ketones (excluding diaryl/α,β-unsaturated/α-hetero) is 1. The second-order valence-electron chi connectivity index (χ2n) is 10.2. The van der Waals surface area contributed by atoms with Gasteiger partial charge in [-0.3, -0.25) is 9.69 Å². The minimum absolute atomic E-state index is 0.0214. The van der Waals surface area contributed by atoms with Gasteiger partial charge in [0.05, 0.1) is 23.1 Å². The predicted octanol–water partition coefficient (Wildman–Crippen LogP) is 5.39. The first-order chi connectivity index (χ1) is 15.0. The standard InChI is InChI=1S/C26H34N2O2S/c1-26(2)16-21-23(20-8-6-7-19(15-20)18-27-9-4-3-5-10-27)25(28-11-13-30-14-12-28)31-24(21)22(29)17-26/h6-8,15H,3-5,9-14,16-18H2,1-2H3. The molecule has 0 atom stereocenters. The van der Waals surface area contributed by atoms with E-state index in [1.807, 2.05) is 0 Å². The van der Waals surface area contributed by atoms with Crippen LogP contribution in [0, 0.1) is 5.41 Å². The van der Waals surface area contributed by atoms with Crippen LogP contribution in [0.4, 0.5) is 5.00 Å². The van der Waals surface area contributed by atoms with E-state index < -0.39 is 0 Å². The number of benzene rings is 1. The number of anilines is 1. The Morgan fingerprint density at radius 2 is 1.81 bits per heavy atom. The number of thiophene rings is 1. The monoisotopic (exact) mass is 438 g/mol. The van der Waals surface area contributed by atoms with Gasteiger partial charge in [-0.15, -0.1) is 11.3 Å². The SMILES string of the molecule is CC1(C)CC(=O)c2sc(N3CCOCC3)c(-c3cccc(CN4CCCCC4)c3)c2C1. The molecule has 5 rings (SSSR count). The van der Waals surface area contributed by atoms with E-state index in [1.165, 1.54) is 59.6 Å². The van der Waals surface area contributed by atoms with E-state index in [1.54, 1.807) is 11.3 Å². The van der Waals surface area contributed by atoms with Crippen LogP contribution < -0.4 is 4.90 Å².